The smallest absolute Gasteiger partial charge is 0.325 e. The van der Waals surface area contributed by atoms with E-state index >= 15 is 0 Å². The number of halogens is 2. The number of esters is 1. The van der Waals surface area contributed by atoms with Gasteiger partial charge in [0, 0.05) is 16.8 Å². The summed E-state index contributed by atoms with van der Waals surface area (Å²) >= 11 is 0. The monoisotopic (exact) mass is 442 g/mol. The molecule has 0 aliphatic heterocycles. The van der Waals surface area contributed by atoms with Crippen LogP contribution in [0, 0.1) is 11.6 Å². The zero-order chi connectivity index (χ0) is 23.4. The average Bonchev–Trinajstić information content (AvgIpc) is 3.27. The molecule has 4 aromatic rings. The van der Waals surface area contributed by atoms with Gasteiger partial charge in [0.25, 0.3) is 5.91 Å². The van der Waals surface area contributed by atoms with Crippen molar-refractivity contribution in [1.82, 2.24) is 19.9 Å². The van der Waals surface area contributed by atoms with E-state index in [0.717, 1.165) is 22.7 Å². The molecule has 0 atom stereocenters. The maximum absolute atomic E-state index is 13.8. The molecule has 0 saturated heterocycles. The molecule has 0 spiro atoms. The molecule has 4 rings (SSSR count). The highest BCUT2D eigenvalue weighted by molar-refractivity contribution is 6.12. The van der Waals surface area contributed by atoms with E-state index in [4.69, 9.17) is 0 Å². The van der Waals surface area contributed by atoms with Crippen LogP contribution in [0.4, 0.5) is 8.78 Å². The van der Waals surface area contributed by atoms with Crippen molar-refractivity contribution in [2.45, 2.75) is 13.8 Å². The minimum Gasteiger partial charge on any atom is -0.505 e. The Hall–Kier alpha value is -4.08. The second kappa shape index (κ2) is 9.38. The molecule has 2 heterocycles. The topological polar surface area (TPSA) is 106 Å². The Labute approximate surface area is 181 Å². The van der Waals surface area contributed by atoms with Crippen LogP contribution in [-0.2, 0) is 9.53 Å². The van der Waals surface area contributed by atoms with E-state index in [0.29, 0.717) is 10.9 Å². The Morgan fingerprint density at radius 1 is 1.16 bits per heavy atom. The van der Waals surface area contributed by atoms with Crippen molar-refractivity contribution in [2.75, 3.05) is 13.7 Å². The molecule has 0 aliphatic carbocycles. The van der Waals surface area contributed by atoms with Gasteiger partial charge in [-0.25, -0.2) is 18.3 Å². The van der Waals surface area contributed by atoms with E-state index in [9.17, 15) is 23.5 Å². The summed E-state index contributed by atoms with van der Waals surface area (Å²) in [6.07, 6.45) is 1.17. The summed E-state index contributed by atoms with van der Waals surface area (Å²) in [6.45, 7) is 3.59. The standard InChI is InChI=1S/C20H14F2N4O4.C2H6/c1-30-15(27)8-23-20(29)17-18(28)14-4-2-3-13(10-5-11(21)7-12(22)6-10)16(14)19-24-9-25-26(17)19;1-2/h2-7,9,28H,8H2,1H3,(H,23,29);1-2H3. The summed E-state index contributed by atoms with van der Waals surface area (Å²) in [6, 6.07) is 7.78. The van der Waals surface area contributed by atoms with Crippen LogP contribution in [0.2, 0.25) is 0 Å². The number of nitrogens with one attached hydrogen (secondary N) is 1. The minimum absolute atomic E-state index is 0.186. The van der Waals surface area contributed by atoms with Crippen LogP contribution < -0.4 is 5.32 Å². The van der Waals surface area contributed by atoms with Gasteiger partial charge in [0.2, 0.25) is 0 Å². The summed E-state index contributed by atoms with van der Waals surface area (Å²) in [5.74, 6) is -3.40. The molecule has 0 unspecified atom stereocenters. The number of hydrogen-bond donors (Lipinski definition) is 2. The normalized spacial score (nSPS) is 10.5. The molecule has 10 heteroatoms. The largest absolute Gasteiger partial charge is 0.505 e. The van der Waals surface area contributed by atoms with Crippen molar-refractivity contribution in [3.63, 3.8) is 0 Å². The number of rotatable bonds is 4. The zero-order valence-corrected chi connectivity index (χ0v) is 17.5. The molecule has 0 radical (unpaired) electrons. The van der Waals surface area contributed by atoms with E-state index in [2.05, 4.69) is 20.1 Å². The van der Waals surface area contributed by atoms with Crippen molar-refractivity contribution in [3.05, 3.63) is 60.1 Å². The molecule has 0 bridgehead atoms. The summed E-state index contributed by atoms with van der Waals surface area (Å²) in [5, 5.41) is 17.7. The molecule has 166 valence electrons. The summed E-state index contributed by atoms with van der Waals surface area (Å²) < 4.78 is 33.1. The van der Waals surface area contributed by atoms with Gasteiger partial charge in [-0.05, 0) is 23.3 Å². The Morgan fingerprint density at radius 2 is 1.84 bits per heavy atom. The van der Waals surface area contributed by atoms with Crippen LogP contribution in [0.1, 0.15) is 24.3 Å². The first kappa shape index (κ1) is 22.6. The van der Waals surface area contributed by atoms with E-state index in [1.54, 1.807) is 12.1 Å². The zero-order valence-electron chi connectivity index (χ0n) is 17.5. The summed E-state index contributed by atoms with van der Waals surface area (Å²) in [4.78, 5) is 28.1. The van der Waals surface area contributed by atoms with Crippen molar-refractivity contribution in [2.24, 2.45) is 0 Å². The Bertz CT molecular complexity index is 1300. The van der Waals surface area contributed by atoms with Crippen molar-refractivity contribution >= 4 is 28.3 Å². The molecule has 0 saturated carbocycles. The van der Waals surface area contributed by atoms with Crippen molar-refractivity contribution in [1.29, 1.82) is 0 Å². The number of benzene rings is 2. The maximum Gasteiger partial charge on any atom is 0.325 e. The van der Waals surface area contributed by atoms with Gasteiger partial charge in [-0.2, -0.15) is 5.10 Å². The number of aromatic nitrogens is 3. The SMILES string of the molecule is CC.COC(=O)CNC(=O)c1c(O)c2cccc(-c3cc(F)cc(F)c3)c2c2ncnn12. The fraction of sp³-hybridized carbons (Fsp3) is 0.182. The Morgan fingerprint density at radius 3 is 2.50 bits per heavy atom. The number of ether oxygens (including phenoxy) is 1. The first-order chi connectivity index (χ1) is 15.4. The molecular formula is C22H20F2N4O4. The Kier molecular flexibility index (Phi) is 6.62. The van der Waals surface area contributed by atoms with Crippen LogP contribution in [0.25, 0.3) is 27.5 Å². The van der Waals surface area contributed by atoms with Gasteiger partial charge in [-0.3, -0.25) is 9.59 Å². The number of nitrogens with zero attached hydrogens (tertiary/aromatic N) is 3. The minimum atomic E-state index is -0.780. The summed E-state index contributed by atoms with van der Waals surface area (Å²) in [7, 11) is 1.17. The third kappa shape index (κ3) is 4.07. The fourth-order valence-electron chi connectivity index (χ4n) is 3.26. The van der Waals surface area contributed by atoms with Crippen LogP contribution in [0.15, 0.2) is 42.7 Å². The predicted octanol–water partition coefficient (Wildman–Crippen LogP) is 3.46. The summed E-state index contributed by atoms with van der Waals surface area (Å²) in [5.41, 5.74) is 0.554. The van der Waals surface area contributed by atoms with Crippen LogP contribution in [0.3, 0.4) is 0 Å². The lowest BCUT2D eigenvalue weighted by molar-refractivity contribution is -0.139. The molecule has 0 aliphatic rings. The van der Waals surface area contributed by atoms with Crippen molar-refractivity contribution in [3.8, 4) is 16.9 Å². The van der Waals surface area contributed by atoms with Gasteiger partial charge in [0.05, 0.1) is 7.11 Å². The number of fused-ring (bicyclic) bond motifs is 3. The van der Waals surface area contributed by atoms with Crippen LogP contribution in [0.5, 0.6) is 5.75 Å². The van der Waals surface area contributed by atoms with Gasteiger partial charge in [0.1, 0.15) is 24.5 Å². The second-order valence-corrected chi connectivity index (χ2v) is 6.34. The Balaban J connectivity index is 0.00000141. The van der Waals surface area contributed by atoms with E-state index in [1.807, 2.05) is 13.8 Å². The van der Waals surface area contributed by atoms with Crippen molar-refractivity contribution < 1.29 is 28.2 Å². The average molecular weight is 442 g/mol. The lowest BCUT2D eigenvalue weighted by atomic mass is 9.97. The molecular weight excluding hydrogens is 422 g/mol. The predicted molar refractivity (Wildman–Crippen MR) is 113 cm³/mol. The highest BCUT2D eigenvalue weighted by Crippen LogP contribution is 2.37. The molecule has 0 fully saturated rings. The quantitative estimate of drug-likeness (QED) is 0.469. The van der Waals surface area contributed by atoms with Crippen LogP contribution >= 0.6 is 0 Å². The van der Waals surface area contributed by atoms with Gasteiger partial charge >= 0.3 is 5.97 Å². The fourth-order valence-corrected chi connectivity index (χ4v) is 3.26. The van der Waals surface area contributed by atoms with Crippen LogP contribution in [-0.4, -0.2) is 45.2 Å². The van der Waals surface area contributed by atoms with E-state index < -0.39 is 35.8 Å². The lowest BCUT2D eigenvalue weighted by Gasteiger charge is -2.14. The molecule has 2 aromatic heterocycles. The second-order valence-electron chi connectivity index (χ2n) is 6.34. The molecule has 2 aromatic carbocycles. The van der Waals surface area contributed by atoms with Gasteiger partial charge in [-0.15, -0.1) is 0 Å². The first-order valence-corrected chi connectivity index (χ1v) is 9.69. The lowest BCUT2D eigenvalue weighted by Crippen LogP contribution is -2.31. The van der Waals surface area contributed by atoms with E-state index in [1.165, 1.54) is 19.5 Å². The number of methoxy groups -OCH3 is 1. The third-order valence-electron chi connectivity index (χ3n) is 4.54. The third-order valence-corrected chi connectivity index (χ3v) is 4.54. The maximum atomic E-state index is 13.8. The molecule has 32 heavy (non-hydrogen) atoms. The van der Waals surface area contributed by atoms with Gasteiger partial charge in [0.15, 0.2) is 17.1 Å². The van der Waals surface area contributed by atoms with Gasteiger partial charge in [-0.1, -0.05) is 32.0 Å². The number of amides is 1. The number of carbonyl (C=O) groups is 2. The number of pyridine rings is 1. The number of aromatic hydroxyl groups is 1. The first-order valence-electron chi connectivity index (χ1n) is 9.69. The number of carbonyl (C=O) groups excluding carboxylic acids is 2. The van der Waals surface area contributed by atoms with Gasteiger partial charge < -0.3 is 15.2 Å². The molecule has 1 amide bonds. The molecule has 2 N–H and O–H groups in total. The number of hydrogen-bond acceptors (Lipinski definition) is 6. The highest BCUT2D eigenvalue weighted by Gasteiger charge is 2.24. The molecule has 8 nitrogen and oxygen atoms in total. The highest BCUT2D eigenvalue weighted by atomic mass is 19.1. The van der Waals surface area contributed by atoms with E-state index in [-0.39, 0.29) is 22.3 Å².